The van der Waals surface area contributed by atoms with Crippen molar-refractivity contribution in [1.29, 1.82) is 0 Å². The molecule has 0 saturated carbocycles. The van der Waals surface area contributed by atoms with Crippen molar-refractivity contribution in [3.05, 3.63) is 28.8 Å². The third kappa shape index (κ3) is 5.27. The van der Waals surface area contributed by atoms with Gasteiger partial charge in [0.1, 0.15) is 0 Å². The monoisotopic (exact) mass is 747 g/mol. The SMILES string of the molecule is [O]c1c(C(F)(F)C(F)(F)C(F)(F)C(F)(F)F)cc(C(F)(F)C(F)(F)C(F)(F)C(F)(F)F)cc1C(F)(F)C(F)(F)C(F)(F)C(F)(F)F. The van der Waals surface area contributed by atoms with Gasteiger partial charge < -0.3 is 0 Å². The van der Waals surface area contributed by atoms with Crippen LogP contribution in [0.25, 0.3) is 0 Å². The van der Waals surface area contributed by atoms with Crippen LogP contribution in [0.3, 0.4) is 0 Å². The highest BCUT2D eigenvalue weighted by atomic mass is 19.4. The van der Waals surface area contributed by atoms with Crippen LogP contribution >= 0.6 is 0 Å². The molecule has 0 aromatic heterocycles. The second kappa shape index (κ2) is 10.3. The van der Waals surface area contributed by atoms with E-state index >= 15 is 0 Å². The first-order valence-electron chi connectivity index (χ1n) is 9.96. The molecule has 0 bridgehead atoms. The number of benzene rings is 1. The Morgan fingerprint density at radius 1 is 0.304 bits per heavy atom. The van der Waals surface area contributed by atoms with E-state index in [0.29, 0.717) is 0 Å². The van der Waals surface area contributed by atoms with E-state index in [1.54, 1.807) is 0 Å². The van der Waals surface area contributed by atoms with Crippen LogP contribution in [-0.2, 0) is 22.9 Å². The standard InChI is InChI=1S/C18H2F27O/c19-7(20,10(25,26)13(31,32)16(37,38)39)3-1-4(8(21,22)11(27,28)14(33,34)17(40,41)42)6(46)5(2-3)9(23,24)12(29,30)15(35,36)18(43,44)45/h1-2H. The third-order valence-corrected chi connectivity index (χ3v) is 5.56. The molecule has 0 saturated heterocycles. The summed E-state index contributed by atoms with van der Waals surface area (Å²) in [5, 5.41) is 12.0. The topological polar surface area (TPSA) is 19.9 Å². The molecule has 0 aliphatic carbocycles. The molecule has 28 heteroatoms. The molecule has 1 rings (SSSR count). The van der Waals surface area contributed by atoms with Crippen molar-refractivity contribution < 1.29 is 124 Å². The lowest BCUT2D eigenvalue weighted by Crippen LogP contribution is -2.61. The van der Waals surface area contributed by atoms with Crippen LogP contribution in [0, 0.1) is 0 Å². The highest BCUT2D eigenvalue weighted by Crippen LogP contribution is 2.64. The summed E-state index contributed by atoms with van der Waals surface area (Å²) in [6, 6.07) is -4.99. The van der Waals surface area contributed by atoms with Crippen LogP contribution in [0.15, 0.2) is 12.1 Å². The van der Waals surface area contributed by atoms with Gasteiger partial charge in [-0.25, -0.2) is 0 Å². The zero-order valence-electron chi connectivity index (χ0n) is 19.8. The van der Waals surface area contributed by atoms with Gasteiger partial charge in [-0.05, 0) is 12.1 Å². The summed E-state index contributed by atoms with van der Waals surface area (Å²) < 4.78 is 359. The zero-order chi connectivity index (χ0) is 37.7. The Bertz CT molecular complexity index is 1220. The lowest BCUT2D eigenvalue weighted by atomic mass is 9.85. The minimum absolute atomic E-state index is 2.50. The molecule has 0 N–H and O–H groups in total. The Hall–Kier alpha value is -2.87. The first-order chi connectivity index (χ1) is 19.5. The molecule has 1 nitrogen and oxygen atoms in total. The summed E-state index contributed by atoms with van der Waals surface area (Å²) in [6.07, 6.45) is -24.0. The Kier molecular flexibility index (Phi) is 9.23. The molecule has 0 aliphatic rings. The summed E-state index contributed by atoms with van der Waals surface area (Å²) in [6.45, 7) is 0. The van der Waals surface area contributed by atoms with E-state index in [9.17, 15) is 124 Å². The van der Waals surface area contributed by atoms with Crippen molar-refractivity contribution >= 4 is 0 Å². The summed E-state index contributed by atoms with van der Waals surface area (Å²) in [5.41, 5.74) is -14.0. The van der Waals surface area contributed by atoms with Gasteiger partial charge in [-0.1, -0.05) is 0 Å². The van der Waals surface area contributed by atoms with Crippen molar-refractivity contribution in [3.63, 3.8) is 0 Å². The Labute approximate surface area is 231 Å². The van der Waals surface area contributed by atoms with E-state index in [1.165, 1.54) is 0 Å². The summed E-state index contributed by atoms with van der Waals surface area (Å²) in [4.78, 5) is 0. The predicted octanol–water partition coefficient (Wildman–Crippen LogP) is 10.6. The molecule has 0 aliphatic heterocycles. The molecule has 0 fully saturated rings. The Balaban J connectivity index is 4.58. The maximum absolute atomic E-state index is 14.3. The van der Waals surface area contributed by atoms with E-state index in [1.807, 2.05) is 0 Å². The molecule has 0 spiro atoms. The van der Waals surface area contributed by atoms with Gasteiger partial charge in [-0.15, -0.1) is 0 Å². The number of rotatable bonds is 9. The Morgan fingerprint density at radius 2 is 0.500 bits per heavy atom. The van der Waals surface area contributed by atoms with Gasteiger partial charge in [0.15, 0.2) is 5.75 Å². The number of hydrogen-bond donors (Lipinski definition) is 0. The molecule has 1 aromatic rings. The predicted molar refractivity (Wildman–Crippen MR) is 86.1 cm³/mol. The molecule has 0 unspecified atom stereocenters. The highest BCUT2D eigenvalue weighted by molar-refractivity contribution is 5.51. The minimum Gasteiger partial charge on any atom is -0.289 e. The molecule has 269 valence electrons. The van der Waals surface area contributed by atoms with Gasteiger partial charge >= 0.3 is 71.8 Å². The van der Waals surface area contributed by atoms with Crippen LogP contribution in [0.2, 0.25) is 0 Å². The van der Waals surface area contributed by atoms with Crippen LogP contribution in [0.4, 0.5) is 119 Å². The minimum atomic E-state index is -8.51. The van der Waals surface area contributed by atoms with Gasteiger partial charge in [0, 0.05) is 5.56 Å². The van der Waals surface area contributed by atoms with Gasteiger partial charge in [0.25, 0.3) is 0 Å². The molecule has 0 heterocycles. The lowest BCUT2D eigenvalue weighted by Gasteiger charge is -2.37. The lowest BCUT2D eigenvalue weighted by molar-refractivity contribution is -0.402. The number of halogens is 27. The number of hydrogen-bond acceptors (Lipinski definition) is 0. The highest BCUT2D eigenvalue weighted by Gasteiger charge is 2.86. The second-order valence-electron chi connectivity index (χ2n) is 8.56. The van der Waals surface area contributed by atoms with Gasteiger partial charge in [0.05, 0.1) is 11.1 Å². The number of alkyl halides is 27. The van der Waals surface area contributed by atoms with Crippen LogP contribution < -0.4 is 0 Å². The van der Waals surface area contributed by atoms with Crippen molar-refractivity contribution in [2.75, 3.05) is 0 Å². The smallest absolute Gasteiger partial charge is 0.289 e. The van der Waals surface area contributed by atoms with Crippen LogP contribution in [0.1, 0.15) is 16.7 Å². The molecule has 0 amide bonds. The summed E-state index contributed by atoms with van der Waals surface area (Å²) in [5.74, 6) is -79.4. The molecular formula is C18H2F27O. The van der Waals surface area contributed by atoms with E-state index in [0.717, 1.165) is 0 Å². The van der Waals surface area contributed by atoms with Gasteiger partial charge in [-0.3, -0.25) is 5.11 Å². The largest absolute Gasteiger partial charge is 0.460 e. The quantitative estimate of drug-likeness (QED) is 0.224. The van der Waals surface area contributed by atoms with Gasteiger partial charge in [-0.2, -0.15) is 119 Å². The van der Waals surface area contributed by atoms with E-state index < -0.39 is 106 Å². The van der Waals surface area contributed by atoms with E-state index in [4.69, 9.17) is 0 Å². The van der Waals surface area contributed by atoms with Crippen LogP contribution in [0.5, 0.6) is 5.75 Å². The fraction of sp³-hybridized carbons (Fsp3) is 0.667. The third-order valence-electron chi connectivity index (χ3n) is 5.56. The van der Waals surface area contributed by atoms with Crippen molar-refractivity contribution in [1.82, 2.24) is 0 Å². The summed E-state index contributed by atoms with van der Waals surface area (Å²) in [7, 11) is 0. The second-order valence-corrected chi connectivity index (χ2v) is 8.56. The normalized spacial score (nSPS) is 16.2. The molecular weight excluding hydrogens is 745 g/mol. The van der Waals surface area contributed by atoms with Crippen molar-refractivity contribution in [3.8, 4) is 5.75 Å². The average molecular weight is 747 g/mol. The molecule has 1 aromatic carbocycles. The molecule has 46 heavy (non-hydrogen) atoms. The first-order valence-corrected chi connectivity index (χ1v) is 9.96. The maximum atomic E-state index is 14.3. The molecule has 0 atom stereocenters. The fourth-order valence-electron chi connectivity index (χ4n) is 2.92. The van der Waals surface area contributed by atoms with Gasteiger partial charge in [0.2, 0.25) is 0 Å². The fourth-order valence-corrected chi connectivity index (χ4v) is 2.92. The first kappa shape index (κ1) is 41.2. The van der Waals surface area contributed by atoms with Crippen molar-refractivity contribution in [2.24, 2.45) is 0 Å². The average Bonchev–Trinajstić information content (AvgIpc) is 2.80. The zero-order valence-corrected chi connectivity index (χ0v) is 19.8. The van der Waals surface area contributed by atoms with Crippen molar-refractivity contribution in [2.45, 2.75) is 71.8 Å². The Morgan fingerprint density at radius 3 is 0.696 bits per heavy atom. The van der Waals surface area contributed by atoms with Crippen LogP contribution in [-0.4, -0.2) is 54.1 Å². The maximum Gasteiger partial charge on any atom is 0.460 e. The van der Waals surface area contributed by atoms with E-state index in [-0.39, 0.29) is 0 Å². The summed E-state index contributed by atoms with van der Waals surface area (Å²) >= 11 is 0. The van der Waals surface area contributed by atoms with E-state index in [2.05, 4.69) is 0 Å². The molecule has 1 radical (unpaired) electrons.